The number of nitrogens with zero attached hydrogens (tertiary/aromatic N) is 5. The maximum atomic E-state index is 13.2. The highest BCUT2D eigenvalue weighted by Gasteiger charge is 2.44. The SMILES string of the molecule is Cc1nc(CCc2cn(CC3OC(CO)C(O)C(O)C3O)nn2)sc1C(=O)c1cnc(NCC2OC(CO)C(O)C(O)C2O)s1. The lowest BCUT2D eigenvalue weighted by molar-refractivity contribution is -0.232. The van der Waals surface area contributed by atoms with Crippen LogP contribution >= 0.6 is 22.7 Å². The summed E-state index contributed by atoms with van der Waals surface area (Å²) < 4.78 is 12.4. The topological polar surface area (TPSA) is 266 Å². The average molecular weight is 673 g/mol. The van der Waals surface area contributed by atoms with Gasteiger partial charge in [-0.3, -0.25) is 4.79 Å². The monoisotopic (exact) mass is 672 g/mol. The van der Waals surface area contributed by atoms with Gasteiger partial charge < -0.3 is 55.6 Å². The van der Waals surface area contributed by atoms with Gasteiger partial charge in [-0.25, -0.2) is 14.6 Å². The zero-order valence-electron chi connectivity index (χ0n) is 24.0. The number of ketones is 1. The molecular formula is C26H36N6O11S2. The van der Waals surface area contributed by atoms with Crippen molar-refractivity contribution in [2.45, 2.75) is 87.3 Å². The van der Waals surface area contributed by atoms with E-state index in [1.165, 1.54) is 22.2 Å². The number of hydrogen-bond donors (Lipinski definition) is 9. The van der Waals surface area contributed by atoms with E-state index in [4.69, 9.17) is 9.47 Å². The Labute approximate surface area is 264 Å². The lowest BCUT2D eigenvalue weighted by Gasteiger charge is -2.40. The van der Waals surface area contributed by atoms with Crippen molar-refractivity contribution in [1.82, 2.24) is 25.0 Å². The summed E-state index contributed by atoms with van der Waals surface area (Å²) in [4.78, 5) is 22.8. The molecule has 248 valence electrons. The van der Waals surface area contributed by atoms with Crippen LogP contribution in [0.3, 0.4) is 0 Å². The molecule has 10 atom stereocenters. The molecule has 0 radical (unpaired) electrons. The van der Waals surface area contributed by atoms with Crippen molar-refractivity contribution in [3.63, 3.8) is 0 Å². The molecule has 3 aromatic rings. The van der Waals surface area contributed by atoms with E-state index in [1.54, 1.807) is 13.1 Å². The van der Waals surface area contributed by atoms with E-state index < -0.39 is 74.3 Å². The lowest BCUT2D eigenvalue weighted by Crippen LogP contribution is -2.60. The molecule has 0 amide bonds. The number of aryl methyl sites for hydroxylation is 3. The molecule has 5 rings (SSSR count). The Morgan fingerprint density at radius 1 is 0.889 bits per heavy atom. The second-order valence-corrected chi connectivity index (χ2v) is 13.0. The fraction of sp³-hybridized carbons (Fsp3) is 0.654. The molecule has 10 unspecified atom stereocenters. The molecule has 3 aromatic heterocycles. The Kier molecular flexibility index (Phi) is 10.9. The summed E-state index contributed by atoms with van der Waals surface area (Å²) in [5, 5.41) is 91.3. The number of anilines is 1. The van der Waals surface area contributed by atoms with Gasteiger partial charge >= 0.3 is 0 Å². The van der Waals surface area contributed by atoms with E-state index in [0.29, 0.717) is 44.1 Å². The molecule has 2 saturated heterocycles. The molecule has 0 spiro atoms. The molecule has 0 saturated carbocycles. The third-order valence-electron chi connectivity index (χ3n) is 7.76. The van der Waals surface area contributed by atoms with Gasteiger partial charge in [-0.15, -0.1) is 16.4 Å². The van der Waals surface area contributed by atoms with Gasteiger partial charge in [-0.1, -0.05) is 16.6 Å². The Balaban J connectivity index is 1.14. The predicted molar refractivity (Wildman–Crippen MR) is 156 cm³/mol. The molecule has 2 aliphatic heterocycles. The van der Waals surface area contributed by atoms with Gasteiger partial charge in [0.2, 0.25) is 5.78 Å². The van der Waals surface area contributed by atoms with Crippen molar-refractivity contribution in [1.29, 1.82) is 0 Å². The highest BCUT2D eigenvalue weighted by molar-refractivity contribution is 7.19. The first kappa shape index (κ1) is 33.8. The first-order valence-electron chi connectivity index (χ1n) is 14.2. The lowest BCUT2D eigenvalue weighted by atomic mass is 9.95. The van der Waals surface area contributed by atoms with E-state index in [9.17, 15) is 45.6 Å². The third-order valence-corrected chi connectivity index (χ3v) is 9.93. The molecule has 0 bridgehead atoms. The summed E-state index contributed by atoms with van der Waals surface area (Å²) in [5.41, 5.74) is 1.19. The van der Waals surface area contributed by atoms with Crippen molar-refractivity contribution in [3.05, 3.63) is 38.5 Å². The quantitative estimate of drug-likeness (QED) is 0.0849. The fourth-order valence-corrected chi connectivity index (χ4v) is 7.02. The normalized spacial score (nSPS) is 32.1. The second-order valence-electron chi connectivity index (χ2n) is 10.9. The maximum absolute atomic E-state index is 13.2. The van der Waals surface area contributed by atoms with Gasteiger partial charge in [0.15, 0.2) is 5.13 Å². The summed E-state index contributed by atoms with van der Waals surface area (Å²) in [7, 11) is 0. The van der Waals surface area contributed by atoms with Gasteiger partial charge in [-0.2, -0.15) is 0 Å². The van der Waals surface area contributed by atoms with E-state index in [-0.39, 0.29) is 18.9 Å². The standard InChI is InChI=1S/C26H36N6O11S2/c1-10-25(22(39)16-5-28-26(44-16)27-4-12-18(35)23(40)20(37)14(8-33)42-12)45-17(29-10)3-2-11-6-32(31-30-11)7-13-19(36)24(41)21(38)15(9-34)43-13/h5-6,12-15,18-21,23-24,33-38,40-41H,2-4,7-9H2,1H3,(H,27,28). The van der Waals surface area contributed by atoms with Crippen LogP contribution in [-0.4, -0.2) is 152 Å². The van der Waals surface area contributed by atoms with Crippen molar-refractivity contribution >= 4 is 33.6 Å². The van der Waals surface area contributed by atoms with E-state index in [1.807, 2.05) is 0 Å². The molecule has 45 heavy (non-hydrogen) atoms. The van der Waals surface area contributed by atoms with Gasteiger partial charge in [0, 0.05) is 19.2 Å². The summed E-state index contributed by atoms with van der Waals surface area (Å²) >= 11 is 2.35. The van der Waals surface area contributed by atoms with Crippen LogP contribution in [-0.2, 0) is 28.9 Å². The zero-order chi connectivity index (χ0) is 32.4. The minimum absolute atomic E-state index is 0.0134. The molecular weight excluding hydrogens is 636 g/mol. The minimum atomic E-state index is -1.48. The number of carbonyl (C=O) groups is 1. The zero-order valence-corrected chi connectivity index (χ0v) is 25.7. The maximum Gasteiger partial charge on any atom is 0.216 e. The summed E-state index contributed by atoms with van der Waals surface area (Å²) in [5.74, 6) is -0.250. The molecule has 5 heterocycles. The Morgan fingerprint density at radius 2 is 1.51 bits per heavy atom. The molecule has 2 aliphatic rings. The molecule has 0 aliphatic carbocycles. The van der Waals surface area contributed by atoms with Crippen LogP contribution in [0.25, 0.3) is 0 Å². The second kappa shape index (κ2) is 14.5. The molecule has 19 heteroatoms. The average Bonchev–Trinajstić information content (AvgIpc) is 3.78. The Hall–Kier alpha value is -2.53. The molecule has 0 aromatic carbocycles. The first-order valence-corrected chi connectivity index (χ1v) is 15.8. The number of carbonyl (C=O) groups excluding carboxylic acids is 1. The van der Waals surface area contributed by atoms with E-state index in [0.717, 1.165) is 11.3 Å². The van der Waals surface area contributed by atoms with Gasteiger partial charge in [-0.05, 0) is 13.3 Å². The minimum Gasteiger partial charge on any atom is -0.394 e. The summed E-state index contributed by atoms with van der Waals surface area (Å²) in [6.07, 6.45) is -8.46. The Bertz CT molecular complexity index is 1430. The van der Waals surface area contributed by atoms with Crippen molar-refractivity contribution in [3.8, 4) is 0 Å². The summed E-state index contributed by atoms with van der Waals surface area (Å²) in [6, 6.07) is 0. The summed E-state index contributed by atoms with van der Waals surface area (Å²) in [6.45, 7) is 0.744. The van der Waals surface area contributed by atoms with E-state index >= 15 is 0 Å². The number of hydrogen-bond acceptors (Lipinski definition) is 18. The van der Waals surface area contributed by atoms with Crippen molar-refractivity contribution in [2.75, 3.05) is 25.1 Å². The van der Waals surface area contributed by atoms with Gasteiger partial charge in [0.25, 0.3) is 0 Å². The fourth-order valence-electron chi connectivity index (χ4n) is 5.17. The molecule has 9 N–H and O–H groups in total. The van der Waals surface area contributed by atoms with E-state index in [2.05, 4.69) is 25.6 Å². The first-order chi connectivity index (χ1) is 21.5. The number of ether oxygens (including phenoxy) is 2. The van der Waals surface area contributed by atoms with Crippen molar-refractivity contribution in [2.24, 2.45) is 0 Å². The van der Waals surface area contributed by atoms with Crippen LogP contribution in [0.2, 0.25) is 0 Å². The van der Waals surface area contributed by atoms with Gasteiger partial charge in [0.05, 0.1) is 52.1 Å². The Morgan fingerprint density at radius 3 is 2.18 bits per heavy atom. The van der Waals surface area contributed by atoms with Gasteiger partial charge in [0.1, 0.15) is 61.0 Å². The highest BCUT2D eigenvalue weighted by atomic mass is 32.1. The number of thiazole rings is 2. The number of nitrogens with one attached hydrogen (secondary N) is 1. The predicted octanol–water partition coefficient (Wildman–Crippen LogP) is -3.39. The number of aliphatic hydroxyl groups is 8. The third kappa shape index (κ3) is 7.39. The number of rotatable bonds is 12. The van der Waals surface area contributed by atoms with Crippen LogP contribution in [0.5, 0.6) is 0 Å². The smallest absolute Gasteiger partial charge is 0.216 e. The largest absolute Gasteiger partial charge is 0.394 e. The highest BCUT2D eigenvalue weighted by Crippen LogP contribution is 2.28. The number of aliphatic hydroxyl groups excluding tert-OH is 8. The van der Waals surface area contributed by atoms with Crippen LogP contribution in [0, 0.1) is 6.92 Å². The number of aromatic nitrogens is 5. The molecule has 17 nitrogen and oxygen atoms in total. The van der Waals surface area contributed by atoms with Crippen LogP contribution in [0.15, 0.2) is 12.4 Å². The van der Waals surface area contributed by atoms with Crippen LogP contribution in [0.4, 0.5) is 5.13 Å². The molecule has 2 fully saturated rings. The van der Waals surface area contributed by atoms with Crippen LogP contribution in [0.1, 0.15) is 30.9 Å². The van der Waals surface area contributed by atoms with Crippen LogP contribution < -0.4 is 5.32 Å². The van der Waals surface area contributed by atoms with Crippen molar-refractivity contribution < 1.29 is 55.1 Å².